The Hall–Kier alpha value is -2.61. The van der Waals surface area contributed by atoms with Gasteiger partial charge in [-0.15, -0.1) is 11.3 Å². The zero-order valence-corrected chi connectivity index (χ0v) is 20.8. The number of phenolic OH excluding ortho intramolecular Hbond substituents is 2. The van der Waals surface area contributed by atoms with Gasteiger partial charge in [0.2, 0.25) is 0 Å². The number of nitrogens with two attached hydrogens (primary N) is 1. The van der Waals surface area contributed by atoms with Crippen LogP contribution < -0.4 is 11.1 Å². The summed E-state index contributed by atoms with van der Waals surface area (Å²) in [5.74, 6) is -0.0217. The minimum Gasteiger partial charge on any atom is -0.504 e. The fourth-order valence-corrected chi connectivity index (χ4v) is 6.55. The van der Waals surface area contributed by atoms with Crippen LogP contribution in [0.3, 0.4) is 0 Å². The summed E-state index contributed by atoms with van der Waals surface area (Å²) in [7, 11) is 2.16. The predicted molar refractivity (Wildman–Crippen MR) is 139 cm³/mol. The molecule has 7 heteroatoms. The molecule has 1 aliphatic heterocycles. The Morgan fingerprint density at radius 3 is 2.82 bits per heavy atom. The van der Waals surface area contributed by atoms with E-state index >= 15 is 0 Å². The van der Waals surface area contributed by atoms with Crippen molar-refractivity contribution in [2.75, 3.05) is 25.9 Å². The van der Waals surface area contributed by atoms with Gasteiger partial charge in [0.1, 0.15) is 0 Å². The highest BCUT2D eigenvalue weighted by Gasteiger charge is 2.34. The molecular formula is C27H34N4O2S. The Kier molecular flexibility index (Phi) is 6.51. The number of aryl methyl sites for hydroxylation is 1. The molecule has 2 heterocycles. The summed E-state index contributed by atoms with van der Waals surface area (Å²) in [6.07, 6.45) is 6.55. The number of anilines is 1. The van der Waals surface area contributed by atoms with Crippen LogP contribution in [0, 0.1) is 0 Å². The van der Waals surface area contributed by atoms with Crippen LogP contribution in [0.4, 0.5) is 5.13 Å². The topological polar surface area (TPSA) is 94.6 Å². The van der Waals surface area contributed by atoms with E-state index in [2.05, 4.69) is 47.4 Å². The molecule has 2 aliphatic carbocycles. The Morgan fingerprint density at radius 2 is 2.00 bits per heavy atom. The highest BCUT2D eigenvalue weighted by Crippen LogP contribution is 2.49. The summed E-state index contributed by atoms with van der Waals surface area (Å²) in [5, 5.41) is 24.3. The lowest BCUT2D eigenvalue weighted by Gasteiger charge is -2.39. The van der Waals surface area contributed by atoms with Crippen molar-refractivity contribution in [2.24, 2.45) is 0 Å². The van der Waals surface area contributed by atoms with Gasteiger partial charge in [0.25, 0.3) is 0 Å². The van der Waals surface area contributed by atoms with Crippen LogP contribution in [0.25, 0.3) is 11.1 Å². The van der Waals surface area contributed by atoms with E-state index in [1.807, 2.05) is 6.07 Å². The quantitative estimate of drug-likeness (QED) is 0.416. The molecule has 0 radical (unpaired) electrons. The number of benzene rings is 2. The molecule has 6 rings (SSSR count). The smallest absolute Gasteiger partial charge is 0.180 e. The number of hydrogen-bond donors (Lipinski definition) is 4. The number of aromatic hydroxyl groups is 2. The van der Waals surface area contributed by atoms with Crippen LogP contribution in [0.5, 0.6) is 11.5 Å². The van der Waals surface area contributed by atoms with Crippen LogP contribution >= 0.6 is 11.3 Å². The van der Waals surface area contributed by atoms with E-state index in [0.29, 0.717) is 12.1 Å². The van der Waals surface area contributed by atoms with E-state index in [4.69, 9.17) is 5.73 Å². The number of phenols is 2. The number of nitrogens with zero attached hydrogens (tertiary/aromatic N) is 2. The van der Waals surface area contributed by atoms with Crippen molar-refractivity contribution >= 4 is 16.5 Å². The van der Waals surface area contributed by atoms with Crippen molar-refractivity contribution in [1.29, 1.82) is 0 Å². The van der Waals surface area contributed by atoms with E-state index in [0.717, 1.165) is 60.6 Å². The summed E-state index contributed by atoms with van der Waals surface area (Å²) in [5.41, 5.74) is 12.6. The second kappa shape index (κ2) is 9.56. The van der Waals surface area contributed by atoms with Crippen molar-refractivity contribution in [2.45, 2.75) is 57.5 Å². The van der Waals surface area contributed by atoms with E-state index in [1.165, 1.54) is 34.5 Å². The molecule has 2 aromatic carbocycles. The molecule has 1 aromatic heterocycles. The van der Waals surface area contributed by atoms with Gasteiger partial charge in [0, 0.05) is 29.1 Å². The fraction of sp³-hybridized carbons (Fsp3) is 0.444. The molecule has 180 valence electrons. The fourth-order valence-electron chi connectivity index (χ4n) is 5.59. The predicted octanol–water partition coefficient (Wildman–Crippen LogP) is 4.43. The maximum absolute atomic E-state index is 10.3. The summed E-state index contributed by atoms with van der Waals surface area (Å²) < 4.78 is 0. The van der Waals surface area contributed by atoms with Gasteiger partial charge in [0.15, 0.2) is 16.6 Å². The molecular weight excluding hydrogens is 444 g/mol. The van der Waals surface area contributed by atoms with Gasteiger partial charge < -0.3 is 21.3 Å². The van der Waals surface area contributed by atoms with Crippen LogP contribution in [0.2, 0.25) is 0 Å². The standard InChI is InChI=1S/C17H17NO2.C10H17N3S/c1-18-8-7-10-3-2-4-12-15(10)13(18)9-11-5-6-14(19)17(20)16(11)12;1-2-5-12-7-3-4-8-9(6-7)14-10(11)13-8/h2-6,13,19-20H,7-9H2,1H3;7,12H,2-6H2,1H3,(H2,11,13)/t13-;7-/m11/s1. The number of likely N-dealkylation sites (N-methyl/N-ethyl adjacent to an activating group) is 1. The zero-order chi connectivity index (χ0) is 23.8. The Labute approximate surface area is 205 Å². The molecule has 0 spiro atoms. The molecule has 3 aliphatic rings. The van der Waals surface area contributed by atoms with Gasteiger partial charge in [-0.25, -0.2) is 4.98 Å². The van der Waals surface area contributed by atoms with E-state index in [1.54, 1.807) is 17.4 Å². The van der Waals surface area contributed by atoms with E-state index < -0.39 is 0 Å². The summed E-state index contributed by atoms with van der Waals surface area (Å²) in [6, 6.07) is 10.8. The number of thiazole rings is 1. The molecule has 2 atom stereocenters. The number of aromatic nitrogens is 1. The van der Waals surface area contributed by atoms with Gasteiger partial charge in [-0.3, -0.25) is 4.90 Å². The third-order valence-corrected chi connectivity index (χ3v) is 8.31. The van der Waals surface area contributed by atoms with Gasteiger partial charge in [-0.1, -0.05) is 31.2 Å². The normalized spacial score (nSPS) is 20.5. The molecule has 0 bridgehead atoms. The second-order valence-corrected chi connectivity index (χ2v) is 10.7. The third-order valence-electron chi connectivity index (χ3n) is 7.36. The Morgan fingerprint density at radius 1 is 1.15 bits per heavy atom. The zero-order valence-electron chi connectivity index (χ0n) is 20.0. The second-order valence-electron chi connectivity index (χ2n) is 9.61. The highest BCUT2D eigenvalue weighted by atomic mass is 32.1. The first-order chi connectivity index (χ1) is 16.5. The first kappa shape index (κ1) is 23.1. The number of rotatable bonds is 3. The lowest BCUT2D eigenvalue weighted by atomic mass is 9.77. The van der Waals surface area contributed by atoms with E-state index in [9.17, 15) is 10.2 Å². The minimum atomic E-state index is -0.0380. The molecule has 0 amide bonds. The van der Waals surface area contributed by atoms with Gasteiger partial charge >= 0.3 is 0 Å². The molecule has 5 N–H and O–H groups in total. The minimum absolute atomic E-state index is 0.0163. The first-order valence-corrected chi connectivity index (χ1v) is 13.1. The van der Waals surface area contributed by atoms with Gasteiger partial charge in [0.05, 0.1) is 5.69 Å². The highest BCUT2D eigenvalue weighted by molar-refractivity contribution is 7.15. The van der Waals surface area contributed by atoms with Gasteiger partial charge in [-0.2, -0.15) is 0 Å². The van der Waals surface area contributed by atoms with Crippen LogP contribution in [0.1, 0.15) is 53.1 Å². The van der Waals surface area contributed by atoms with Crippen LogP contribution in [-0.4, -0.2) is 46.3 Å². The molecule has 3 aromatic rings. The van der Waals surface area contributed by atoms with Gasteiger partial charge in [-0.05, 0) is 80.4 Å². The SMILES string of the molecule is CCCN[C@@H]1CCc2nc(N)sc2C1.CN1CCc2cccc3c2[C@H]1Cc1ccc(O)c(O)c1-3. The van der Waals surface area contributed by atoms with E-state index in [-0.39, 0.29) is 11.5 Å². The maximum Gasteiger partial charge on any atom is 0.180 e. The Balaban J connectivity index is 0.000000152. The van der Waals surface area contributed by atoms with Crippen molar-refractivity contribution in [3.63, 3.8) is 0 Å². The number of fused-ring (bicyclic) bond motifs is 3. The summed E-state index contributed by atoms with van der Waals surface area (Å²) in [4.78, 5) is 8.11. The number of nitrogen functional groups attached to an aromatic ring is 1. The van der Waals surface area contributed by atoms with Crippen molar-refractivity contribution in [1.82, 2.24) is 15.2 Å². The lowest BCUT2D eigenvalue weighted by Crippen LogP contribution is -2.35. The molecule has 0 saturated carbocycles. The van der Waals surface area contributed by atoms with Crippen molar-refractivity contribution in [3.05, 3.63) is 57.6 Å². The third kappa shape index (κ3) is 4.28. The largest absolute Gasteiger partial charge is 0.504 e. The Bertz CT molecular complexity index is 1190. The molecule has 6 nitrogen and oxygen atoms in total. The van der Waals surface area contributed by atoms with Crippen molar-refractivity contribution in [3.8, 4) is 22.6 Å². The molecule has 0 fully saturated rings. The summed E-state index contributed by atoms with van der Waals surface area (Å²) in [6.45, 7) is 4.39. The maximum atomic E-state index is 10.3. The van der Waals surface area contributed by atoms with Crippen molar-refractivity contribution < 1.29 is 10.2 Å². The van der Waals surface area contributed by atoms with Crippen LogP contribution in [-0.2, 0) is 25.7 Å². The van der Waals surface area contributed by atoms with Crippen LogP contribution in [0.15, 0.2) is 30.3 Å². The number of hydrogen-bond acceptors (Lipinski definition) is 7. The number of nitrogens with one attached hydrogen (secondary N) is 1. The molecule has 0 unspecified atom stereocenters. The molecule has 34 heavy (non-hydrogen) atoms. The molecule has 0 saturated heterocycles. The summed E-state index contributed by atoms with van der Waals surface area (Å²) >= 11 is 1.65. The monoisotopic (exact) mass is 478 g/mol. The average Bonchev–Trinajstić information content (AvgIpc) is 3.22. The average molecular weight is 479 g/mol. The lowest BCUT2D eigenvalue weighted by molar-refractivity contribution is 0.228. The first-order valence-electron chi connectivity index (χ1n) is 12.3.